The molecule has 2 aromatic heterocycles. The van der Waals surface area contributed by atoms with Crippen LogP contribution < -0.4 is 10.2 Å². The van der Waals surface area contributed by atoms with Crippen LogP contribution in [0.15, 0.2) is 54.0 Å². The Morgan fingerprint density at radius 2 is 1.90 bits per heavy atom. The predicted molar refractivity (Wildman–Crippen MR) is 131 cm³/mol. The maximum Gasteiger partial charge on any atom is 0.230 e. The summed E-state index contributed by atoms with van der Waals surface area (Å²) in [6, 6.07) is 13.8. The monoisotopic (exact) mass is 452 g/mol. The maximum absolute atomic E-state index is 12.8. The highest BCUT2D eigenvalue weighted by Gasteiger charge is 2.14. The van der Waals surface area contributed by atoms with E-state index >= 15 is 0 Å². The zero-order valence-corrected chi connectivity index (χ0v) is 19.4. The number of nitrogens with zero attached hydrogens (tertiary/aromatic N) is 3. The number of benzene rings is 2. The van der Waals surface area contributed by atoms with Crippen LogP contribution in [0.1, 0.15) is 25.1 Å². The van der Waals surface area contributed by atoms with E-state index in [4.69, 9.17) is 11.6 Å². The number of fused-ring (bicyclic) bond motifs is 1. The van der Waals surface area contributed by atoms with Gasteiger partial charge in [-0.05, 0) is 56.7 Å². The summed E-state index contributed by atoms with van der Waals surface area (Å²) in [5, 5.41) is 5.75. The SMILES string of the molecule is CCN(CC)c1ccc(NC(=O)Cc2csc3nc(-c4ccc(Cl)cc4)cn23)c(C)c1. The number of nitrogens with one attached hydrogen (secondary N) is 1. The van der Waals surface area contributed by atoms with Crippen LogP contribution >= 0.6 is 22.9 Å². The zero-order valence-electron chi connectivity index (χ0n) is 17.9. The number of thiazole rings is 1. The van der Waals surface area contributed by atoms with E-state index in [-0.39, 0.29) is 12.3 Å². The summed E-state index contributed by atoms with van der Waals surface area (Å²) in [5.41, 5.74) is 5.86. The Kier molecular flexibility index (Phi) is 6.30. The molecule has 0 spiro atoms. The van der Waals surface area contributed by atoms with Gasteiger partial charge in [-0.15, -0.1) is 11.3 Å². The molecule has 0 aliphatic heterocycles. The average Bonchev–Trinajstić information content (AvgIpc) is 3.33. The topological polar surface area (TPSA) is 49.6 Å². The van der Waals surface area contributed by atoms with E-state index < -0.39 is 0 Å². The highest BCUT2D eigenvalue weighted by Crippen LogP contribution is 2.26. The number of aryl methyl sites for hydroxylation is 1. The van der Waals surface area contributed by atoms with Crippen molar-refractivity contribution >= 4 is 45.2 Å². The molecule has 4 rings (SSSR count). The molecule has 0 fully saturated rings. The largest absolute Gasteiger partial charge is 0.372 e. The Balaban J connectivity index is 1.49. The fraction of sp³-hybridized carbons (Fsp3) is 0.250. The number of anilines is 2. The van der Waals surface area contributed by atoms with Gasteiger partial charge in [0.05, 0.1) is 12.1 Å². The molecule has 1 amide bonds. The number of carbonyl (C=O) groups is 1. The smallest absolute Gasteiger partial charge is 0.230 e. The maximum atomic E-state index is 12.8. The van der Waals surface area contributed by atoms with Gasteiger partial charge in [-0.25, -0.2) is 4.98 Å². The number of halogens is 1. The van der Waals surface area contributed by atoms with Crippen LogP contribution in [0.2, 0.25) is 5.02 Å². The second-order valence-electron chi connectivity index (χ2n) is 7.41. The molecule has 0 radical (unpaired) electrons. The molecule has 2 heterocycles. The van der Waals surface area contributed by atoms with Gasteiger partial charge in [0.15, 0.2) is 4.96 Å². The average molecular weight is 453 g/mol. The summed E-state index contributed by atoms with van der Waals surface area (Å²) in [5.74, 6) is -0.0415. The van der Waals surface area contributed by atoms with Crippen molar-refractivity contribution in [2.75, 3.05) is 23.3 Å². The van der Waals surface area contributed by atoms with Crippen LogP contribution in [0.5, 0.6) is 0 Å². The number of hydrogen-bond acceptors (Lipinski definition) is 4. The van der Waals surface area contributed by atoms with Crippen LogP contribution in [0, 0.1) is 6.92 Å². The van der Waals surface area contributed by atoms with Crippen LogP contribution in [0.3, 0.4) is 0 Å². The number of carbonyl (C=O) groups excluding carboxylic acids is 1. The van der Waals surface area contributed by atoms with Gasteiger partial charge in [-0.1, -0.05) is 23.7 Å². The molecule has 7 heteroatoms. The molecule has 0 bridgehead atoms. The highest BCUT2D eigenvalue weighted by atomic mass is 35.5. The molecule has 160 valence electrons. The quantitative estimate of drug-likeness (QED) is 0.371. The summed E-state index contributed by atoms with van der Waals surface area (Å²) in [6.07, 6.45) is 2.26. The third kappa shape index (κ3) is 4.60. The first kappa shape index (κ1) is 21.4. The second-order valence-corrected chi connectivity index (χ2v) is 8.68. The van der Waals surface area contributed by atoms with Gasteiger partial charge in [0.25, 0.3) is 0 Å². The van der Waals surface area contributed by atoms with Crippen LogP contribution in [0.4, 0.5) is 11.4 Å². The van der Waals surface area contributed by atoms with E-state index in [0.717, 1.165) is 46.3 Å². The lowest BCUT2D eigenvalue weighted by atomic mass is 10.1. The predicted octanol–water partition coefficient (Wildman–Crippen LogP) is 6.05. The summed E-state index contributed by atoms with van der Waals surface area (Å²) in [7, 11) is 0. The number of rotatable bonds is 7. The van der Waals surface area contributed by atoms with Crippen molar-refractivity contribution in [2.24, 2.45) is 0 Å². The van der Waals surface area contributed by atoms with Crippen LogP contribution in [0.25, 0.3) is 16.2 Å². The number of hydrogen-bond donors (Lipinski definition) is 1. The molecule has 2 aromatic carbocycles. The van der Waals surface area contributed by atoms with Crippen LogP contribution in [-0.2, 0) is 11.2 Å². The van der Waals surface area contributed by atoms with E-state index in [1.165, 1.54) is 17.0 Å². The highest BCUT2D eigenvalue weighted by molar-refractivity contribution is 7.15. The number of amides is 1. The van der Waals surface area contributed by atoms with E-state index in [1.807, 2.05) is 53.2 Å². The zero-order chi connectivity index (χ0) is 22.0. The fourth-order valence-corrected chi connectivity index (χ4v) is 4.65. The van der Waals surface area contributed by atoms with E-state index in [1.54, 1.807) is 0 Å². The van der Waals surface area contributed by atoms with Crippen LogP contribution in [-0.4, -0.2) is 28.4 Å². The minimum Gasteiger partial charge on any atom is -0.372 e. The van der Waals surface area contributed by atoms with Gasteiger partial charge < -0.3 is 10.2 Å². The molecule has 31 heavy (non-hydrogen) atoms. The molecular formula is C24H25ClN4OS. The molecule has 5 nitrogen and oxygen atoms in total. The number of imidazole rings is 1. The van der Waals surface area contributed by atoms with Gasteiger partial charge in [-0.3, -0.25) is 9.20 Å². The van der Waals surface area contributed by atoms with E-state index in [0.29, 0.717) is 5.02 Å². The first-order valence-corrected chi connectivity index (χ1v) is 11.6. The normalized spacial score (nSPS) is 11.1. The first-order chi connectivity index (χ1) is 15.0. The minimum absolute atomic E-state index is 0.0415. The summed E-state index contributed by atoms with van der Waals surface area (Å²) in [4.78, 5) is 20.6. The molecule has 0 aliphatic carbocycles. The van der Waals surface area contributed by atoms with Crippen molar-refractivity contribution < 1.29 is 4.79 Å². The Bertz CT molecular complexity index is 1210. The lowest BCUT2D eigenvalue weighted by Gasteiger charge is -2.22. The Labute approximate surface area is 191 Å². The van der Waals surface area contributed by atoms with Gasteiger partial charge >= 0.3 is 0 Å². The van der Waals surface area contributed by atoms with Gasteiger partial charge in [0.1, 0.15) is 0 Å². The summed E-state index contributed by atoms with van der Waals surface area (Å²) < 4.78 is 1.99. The standard InChI is InChI=1S/C24H25ClN4OS/c1-4-28(5-2)19-10-11-21(16(3)12-19)26-23(30)13-20-15-31-24-27-22(14-29(20)24)17-6-8-18(25)9-7-17/h6-12,14-15H,4-5,13H2,1-3H3,(H,26,30). The molecule has 0 saturated heterocycles. The van der Waals surface area contributed by atoms with Crippen molar-refractivity contribution in [1.82, 2.24) is 9.38 Å². The third-order valence-electron chi connectivity index (χ3n) is 5.38. The first-order valence-electron chi connectivity index (χ1n) is 10.3. The lowest BCUT2D eigenvalue weighted by molar-refractivity contribution is -0.115. The molecule has 0 atom stereocenters. The van der Waals surface area contributed by atoms with Crippen molar-refractivity contribution in [2.45, 2.75) is 27.2 Å². The third-order valence-corrected chi connectivity index (χ3v) is 6.52. The van der Waals surface area contributed by atoms with Gasteiger partial charge in [0, 0.05) is 52.3 Å². The minimum atomic E-state index is -0.0415. The fourth-order valence-electron chi connectivity index (χ4n) is 3.65. The van der Waals surface area contributed by atoms with Gasteiger partial charge in [0.2, 0.25) is 5.91 Å². The molecule has 1 N–H and O–H groups in total. The van der Waals surface area contributed by atoms with E-state index in [2.05, 4.69) is 41.2 Å². The summed E-state index contributed by atoms with van der Waals surface area (Å²) in [6.45, 7) is 8.23. The van der Waals surface area contributed by atoms with Gasteiger partial charge in [-0.2, -0.15) is 0 Å². The van der Waals surface area contributed by atoms with Crippen molar-refractivity contribution in [3.8, 4) is 11.3 Å². The molecule has 0 aliphatic rings. The Hall–Kier alpha value is -2.83. The van der Waals surface area contributed by atoms with Crippen molar-refractivity contribution in [3.05, 3.63) is 70.3 Å². The second kappa shape index (κ2) is 9.12. The molecule has 4 aromatic rings. The van der Waals surface area contributed by atoms with Crippen molar-refractivity contribution in [1.29, 1.82) is 0 Å². The number of aromatic nitrogens is 2. The van der Waals surface area contributed by atoms with E-state index in [9.17, 15) is 4.79 Å². The molecule has 0 unspecified atom stereocenters. The molecule has 0 saturated carbocycles. The van der Waals surface area contributed by atoms with Crippen molar-refractivity contribution in [3.63, 3.8) is 0 Å². The lowest BCUT2D eigenvalue weighted by Crippen LogP contribution is -2.22. The summed E-state index contributed by atoms with van der Waals surface area (Å²) >= 11 is 7.52. The molecular weight excluding hydrogens is 428 g/mol. The Morgan fingerprint density at radius 3 is 2.58 bits per heavy atom. The Morgan fingerprint density at radius 1 is 1.16 bits per heavy atom.